The van der Waals surface area contributed by atoms with Gasteiger partial charge in [-0.15, -0.1) is 0 Å². The lowest BCUT2D eigenvalue weighted by atomic mass is 9.99. The molecule has 12 nitrogen and oxygen atoms in total. The molecule has 0 aliphatic carbocycles. The number of nitrogens with one attached hydrogen (secondary N) is 1. The zero-order valence-electron chi connectivity index (χ0n) is 29.1. The number of alkyl halides is 1. The highest BCUT2D eigenvalue weighted by molar-refractivity contribution is 6.34. The first kappa shape index (κ1) is 37.3. The first-order valence-electron chi connectivity index (χ1n) is 16.2. The Balaban J connectivity index is 1.57. The van der Waals surface area contributed by atoms with Crippen molar-refractivity contribution < 1.29 is 38.1 Å². The van der Waals surface area contributed by atoms with Crippen LogP contribution < -0.4 is 10.2 Å². The van der Waals surface area contributed by atoms with Crippen molar-refractivity contribution in [2.75, 3.05) is 42.9 Å². The highest BCUT2D eigenvalue weighted by atomic mass is 35.5. The van der Waals surface area contributed by atoms with E-state index in [0.717, 1.165) is 0 Å². The summed E-state index contributed by atoms with van der Waals surface area (Å²) >= 11 is 6.80. The Kier molecular flexibility index (Phi) is 10.5. The second-order valence-corrected chi connectivity index (χ2v) is 14.3. The van der Waals surface area contributed by atoms with Crippen LogP contribution in [0.1, 0.15) is 66.6 Å². The number of aromatic carboxylic acids is 1. The molecule has 1 aliphatic heterocycles. The molecule has 3 N–H and O–H groups in total. The minimum atomic E-state index is -1.67. The van der Waals surface area contributed by atoms with Gasteiger partial charge in [-0.05, 0) is 71.4 Å². The largest absolute Gasteiger partial charge is 0.478 e. The predicted octanol–water partition coefficient (Wildman–Crippen LogP) is 6.30. The topological polar surface area (TPSA) is 158 Å². The van der Waals surface area contributed by atoms with Crippen LogP contribution in [-0.2, 0) is 4.74 Å². The number of halogens is 3. The number of carbonyl (C=O) groups is 3. The van der Waals surface area contributed by atoms with Gasteiger partial charge in [0, 0.05) is 42.7 Å². The SMILES string of the molecule is Cc1cc(C(=O)c2ccccc2C(=O)O)nc(-c2cc3nc(NC[C@@H](F)C(C)(C)O)nc(N4CCN(C(=O)OC(C)(C)C)CC4)c3cc2Cl)c1F. The number of hydrogen-bond acceptors (Lipinski definition) is 10. The fraction of sp³-hybridized carbons (Fsp3) is 0.389. The van der Waals surface area contributed by atoms with E-state index in [0.29, 0.717) is 37.4 Å². The van der Waals surface area contributed by atoms with Crippen LogP contribution >= 0.6 is 11.6 Å². The number of anilines is 2. The Labute approximate surface area is 298 Å². The van der Waals surface area contributed by atoms with Crippen molar-refractivity contribution in [2.24, 2.45) is 0 Å². The number of hydrogen-bond donors (Lipinski definition) is 3. The quantitative estimate of drug-likeness (QED) is 0.166. The number of carbonyl (C=O) groups excluding carboxylic acids is 2. The Hall–Kier alpha value is -4.95. The summed E-state index contributed by atoms with van der Waals surface area (Å²) in [4.78, 5) is 55.1. The van der Waals surface area contributed by atoms with E-state index in [-0.39, 0.29) is 56.7 Å². The Morgan fingerprint density at radius 3 is 2.25 bits per heavy atom. The minimum Gasteiger partial charge on any atom is -0.478 e. The van der Waals surface area contributed by atoms with Gasteiger partial charge >= 0.3 is 12.1 Å². The zero-order chi connectivity index (χ0) is 37.4. The predicted molar refractivity (Wildman–Crippen MR) is 189 cm³/mol. The van der Waals surface area contributed by atoms with E-state index in [2.05, 4.69) is 20.3 Å². The third-order valence-electron chi connectivity index (χ3n) is 8.23. The lowest BCUT2D eigenvalue weighted by Crippen LogP contribution is -2.50. The molecule has 2 aromatic carbocycles. The number of carboxylic acid groups (broad SMARTS) is 1. The van der Waals surface area contributed by atoms with Gasteiger partial charge in [-0.25, -0.2) is 28.3 Å². The van der Waals surface area contributed by atoms with Gasteiger partial charge in [0.25, 0.3) is 0 Å². The number of aromatic nitrogens is 3. The van der Waals surface area contributed by atoms with Gasteiger partial charge in [-0.2, -0.15) is 4.98 Å². The molecule has 270 valence electrons. The van der Waals surface area contributed by atoms with E-state index in [1.807, 2.05) is 4.90 Å². The number of carboxylic acids is 1. The fourth-order valence-electron chi connectivity index (χ4n) is 5.45. The van der Waals surface area contributed by atoms with E-state index in [4.69, 9.17) is 16.3 Å². The van der Waals surface area contributed by atoms with E-state index >= 15 is 4.39 Å². The highest BCUT2D eigenvalue weighted by Crippen LogP contribution is 2.37. The molecule has 1 atom stereocenters. The number of ketones is 1. The summed E-state index contributed by atoms with van der Waals surface area (Å²) in [6, 6.07) is 9.93. The molecule has 0 radical (unpaired) electrons. The van der Waals surface area contributed by atoms with Crippen molar-refractivity contribution in [2.45, 2.75) is 58.9 Å². The van der Waals surface area contributed by atoms with Gasteiger partial charge in [0.2, 0.25) is 11.7 Å². The molecule has 15 heteroatoms. The number of amides is 1. The maximum atomic E-state index is 15.8. The maximum absolute atomic E-state index is 15.8. The van der Waals surface area contributed by atoms with Gasteiger partial charge in [0.15, 0.2) is 5.82 Å². The Morgan fingerprint density at radius 1 is 1.00 bits per heavy atom. The number of aryl methyl sites for hydroxylation is 1. The van der Waals surface area contributed by atoms with E-state index < -0.39 is 41.0 Å². The van der Waals surface area contributed by atoms with Crippen LogP contribution in [0.25, 0.3) is 22.2 Å². The maximum Gasteiger partial charge on any atom is 0.410 e. The average Bonchev–Trinajstić information content (AvgIpc) is 3.06. The molecule has 2 aromatic heterocycles. The monoisotopic (exact) mass is 724 g/mol. The van der Waals surface area contributed by atoms with Crippen LogP contribution in [0.3, 0.4) is 0 Å². The molecule has 0 spiro atoms. The normalized spacial score (nSPS) is 14.4. The van der Waals surface area contributed by atoms with Crippen LogP contribution in [0.15, 0.2) is 42.5 Å². The van der Waals surface area contributed by atoms with Crippen molar-refractivity contribution in [3.8, 4) is 11.3 Å². The Bertz CT molecular complexity index is 2010. The smallest absolute Gasteiger partial charge is 0.410 e. The molecule has 1 saturated heterocycles. The molecule has 1 fully saturated rings. The first-order valence-corrected chi connectivity index (χ1v) is 16.6. The number of rotatable bonds is 9. The van der Waals surface area contributed by atoms with Gasteiger partial charge in [0.1, 0.15) is 29.0 Å². The summed E-state index contributed by atoms with van der Waals surface area (Å²) in [5, 5.41) is 23.1. The molecule has 1 amide bonds. The molecule has 1 aliphatic rings. The summed E-state index contributed by atoms with van der Waals surface area (Å²) in [5.41, 5.74) is -2.65. The third kappa shape index (κ3) is 8.34. The lowest BCUT2D eigenvalue weighted by Gasteiger charge is -2.36. The van der Waals surface area contributed by atoms with E-state index in [1.165, 1.54) is 57.2 Å². The number of ether oxygens (including phenoxy) is 1. The number of pyridine rings is 1. The van der Waals surface area contributed by atoms with Crippen molar-refractivity contribution in [1.29, 1.82) is 0 Å². The van der Waals surface area contributed by atoms with Crippen molar-refractivity contribution in [1.82, 2.24) is 19.9 Å². The number of fused-ring (bicyclic) bond motifs is 1. The first-order chi connectivity index (χ1) is 23.8. The summed E-state index contributed by atoms with van der Waals surface area (Å²) in [6.45, 7) is 10.5. The van der Waals surface area contributed by atoms with Crippen molar-refractivity contribution >= 4 is 52.1 Å². The van der Waals surface area contributed by atoms with Gasteiger partial charge < -0.3 is 30.1 Å². The molecule has 0 saturated carbocycles. The molecule has 0 bridgehead atoms. The molecule has 0 unspecified atom stereocenters. The van der Waals surface area contributed by atoms with Crippen LogP contribution in [-0.4, -0.2) is 98.0 Å². The Morgan fingerprint density at radius 2 is 1.65 bits per heavy atom. The number of benzene rings is 2. The molecule has 5 rings (SSSR count). The standard InChI is InChI=1S/C36H39ClF2N6O6/c1-19-15-26(30(46)20-9-7-8-10-21(20)32(47)48)41-29(28(19)39)22-17-25-23(16-24(22)37)31(43-33(42-25)40-18-27(38)36(5,6)50)44-11-13-45(14-12-44)34(49)51-35(2,3)4/h7-10,15-17,27,50H,11-14,18H2,1-6H3,(H,47,48)(H,40,42,43)/t27-/m1/s1. The van der Waals surface area contributed by atoms with Crippen molar-refractivity contribution in [3.63, 3.8) is 0 Å². The van der Waals surface area contributed by atoms with Crippen molar-refractivity contribution in [3.05, 3.63) is 75.7 Å². The zero-order valence-corrected chi connectivity index (χ0v) is 29.8. The van der Waals surface area contributed by atoms with Crippen LogP contribution in [0.4, 0.5) is 25.3 Å². The summed E-state index contributed by atoms with van der Waals surface area (Å²) in [6.07, 6.45) is -2.12. The van der Waals surface area contributed by atoms with Gasteiger partial charge in [-0.1, -0.05) is 29.8 Å². The highest BCUT2D eigenvalue weighted by Gasteiger charge is 2.30. The van der Waals surface area contributed by atoms with E-state index in [9.17, 15) is 29.0 Å². The number of nitrogens with zero attached hydrogens (tertiary/aromatic N) is 5. The summed E-state index contributed by atoms with van der Waals surface area (Å²) < 4.78 is 36.1. The summed E-state index contributed by atoms with van der Waals surface area (Å²) in [7, 11) is 0. The van der Waals surface area contributed by atoms with Crippen LogP contribution in [0, 0.1) is 12.7 Å². The number of aliphatic hydroxyl groups is 1. The average molecular weight is 725 g/mol. The molecule has 3 heterocycles. The van der Waals surface area contributed by atoms with Gasteiger partial charge in [-0.3, -0.25) is 4.79 Å². The van der Waals surface area contributed by atoms with Gasteiger partial charge in [0.05, 0.1) is 28.2 Å². The second-order valence-electron chi connectivity index (χ2n) is 13.8. The minimum absolute atomic E-state index is 0.0195. The molecule has 4 aromatic rings. The molecular formula is C36H39ClF2N6O6. The van der Waals surface area contributed by atoms with Crippen LogP contribution in [0.5, 0.6) is 0 Å². The third-order valence-corrected chi connectivity index (χ3v) is 8.54. The fourth-order valence-corrected chi connectivity index (χ4v) is 5.70. The lowest BCUT2D eigenvalue weighted by molar-refractivity contribution is 0.00316. The number of piperazine rings is 1. The molecular weight excluding hydrogens is 686 g/mol. The van der Waals surface area contributed by atoms with Crippen LogP contribution in [0.2, 0.25) is 5.02 Å². The second kappa shape index (κ2) is 14.3. The summed E-state index contributed by atoms with van der Waals surface area (Å²) in [5.74, 6) is -2.34. The molecule has 51 heavy (non-hydrogen) atoms. The van der Waals surface area contributed by atoms with E-state index in [1.54, 1.807) is 31.7 Å².